The molecule has 2 fully saturated rings. The predicted octanol–water partition coefficient (Wildman–Crippen LogP) is 2.66. The van der Waals surface area contributed by atoms with Gasteiger partial charge in [-0.1, -0.05) is 6.42 Å². The Kier molecular flexibility index (Phi) is 6.73. The average molecular weight is 411 g/mol. The van der Waals surface area contributed by atoms with Gasteiger partial charge in [-0.2, -0.15) is 0 Å². The molecule has 0 unspecified atom stereocenters. The van der Waals surface area contributed by atoms with Gasteiger partial charge in [0.2, 0.25) is 5.91 Å². The van der Waals surface area contributed by atoms with Crippen molar-refractivity contribution < 1.29 is 19.0 Å². The molecule has 6 nitrogen and oxygen atoms in total. The highest BCUT2D eigenvalue weighted by Crippen LogP contribution is 2.45. The van der Waals surface area contributed by atoms with Gasteiger partial charge in [0.1, 0.15) is 0 Å². The molecule has 1 aromatic rings. The van der Waals surface area contributed by atoms with Crippen LogP contribution in [0.5, 0.6) is 11.5 Å². The second-order valence-corrected chi connectivity index (χ2v) is 7.78. The van der Waals surface area contributed by atoms with Crippen molar-refractivity contribution in [2.45, 2.75) is 50.2 Å². The summed E-state index contributed by atoms with van der Waals surface area (Å²) in [6, 6.07) is 4.16. The van der Waals surface area contributed by atoms with E-state index in [4.69, 9.17) is 14.2 Å². The summed E-state index contributed by atoms with van der Waals surface area (Å²) in [5.74, 6) is 1.77. The summed E-state index contributed by atoms with van der Waals surface area (Å²) in [5, 5.41) is 3.38. The maximum absolute atomic E-state index is 12.8. The molecule has 2 saturated heterocycles. The van der Waals surface area contributed by atoms with Gasteiger partial charge in [-0.3, -0.25) is 4.79 Å². The van der Waals surface area contributed by atoms with E-state index in [0.29, 0.717) is 6.61 Å². The van der Waals surface area contributed by atoms with Crippen molar-refractivity contribution in [2.24, 2.45) is 0 Å². The lowest BCUT2D eigenvalue weighted by molar-refractivity contribution is -0.143. The fraction of sp³-hybridized carbons (Fsp3) is 0.667. The number of nitrogens with one attached hydrogen (secondary N) is 1. The van der Waals surface area contributed by atoms with Gasteiger partial charge in [0.05, 0.1) is 32.5 Å². The smallest absolute Gasteiger partial charge is 0.239 e. The Bertz CT molecular complexity index is 698. The zero-order valence-electron chi connectivity index (χ0n) is 16.8. The summed E-state index contributed by atoms with van der Waals surface area (Å²) in [7, 11) is 3.34. The number of likely N-dealkylation sites (tertiary alicyclic amines) is 1. The number of carbonyl (C=O) groups excluding carboxylic acids is 1. The minimum atomic E-state index is -0.316. The second-order valence-electron chi connectivity index (χ2n) is 7.78. The lowest BCUT2D eigenvalue weighted by atomic mass is 9.79. The van der Waals surface area contributed by atoms with Gasteiger partial charge in [-0.15, -0.1) is 12.4 Å². The third-order valence-electron chi connectivity index (χ3n) is 6.34. The summed E-state index contributed by atoms with van der Waals surface area (Å²) in [4.78, 5) is 14.9. The molecule has 3 aliphatic heterocycles. The molecule has 1 amide bonds. The van der Waals surface area contributed by atoms with Gasteiger partial charge in [-0.25, -0.2) is 0 Å². The Balaban J connectivity index is 0.00000225. The number of piperidine rings is 2. The highest BCUT2D eigenvalue weighted by atomic mass is 35.5. The molecule has 28 heavy (non-hydrogen) atoms. The fourth-order valence-corrected chi connectivity index (χ4v) is 4.77. The molecular formula is C21H31ClN2O4. The topological polar surface area (TPSA) is 60.0 Å². The summed E-state index contributed by atoms with van der Waals surface area (Å²) < 4.78 is 17.3. The Morgan fingerprint density at radius 1 is 1.18 bits per heavy atom. The van der Waals surface area contributed by atoms with Gasteiger partial charge in [0.25, 0.3) is 0 Å². The summed E-state index contributed by atoms with van der Waals surface area (Å²) in [6.07, 6.45) is 5.80. The Hall–Kier alpha value is -1.50. The molecule has 3 aliphatic rings. The number of methoxy groups -OCH3 is 2. The SMILES string of the molecule is COc1cc2c(cc1OC)C1(CCN(C(=O)[C@H]3CCCCN3)CC1)OCC2.Cl. The maximum Gasteiger partial charge on any atom is 0.239 e. The molecule has 3 heterocycles. The summed E-state index contributed by atoms with van der Waals surface area (Å²) >= 11 is 0. The number of rotatable bonds is 3. The van der Waals surface area contributed by atoms with Crippen molar-refractivity contribution in [3.8, 4) is 11.5 Å². The standard InChI is InChI=1S/C21H30N2O4.ClH/c1-25-18-13-15-6-12-27-21(16(15)14-19(18)26-2)7-10-23(11-8-21)20(24)17-5-3-4-9-22-17;/h13-14,17,22H,3-12H2,1-2H3;1H/t17-;/m1./s1. The first-order valence-electron chi connectivity index (χ1n) is 10.1. The minimum Gasteiger partial charge on any atom is -0.493 e. The zero-order chi connectivity index (χ0) is 18.9. The molecule has 1 N–H and O–H groups in total. The first-order chi connectivity index (χ1) is 13.2. The molecule has 0 aliphatic carbocycles. The molecule has 4 rings (SSSR count). The van der Waals surface area contributed by atoms with E-state index in [-0.39, 0.29) is 30.0 Å². The predicted molar refractivity (Wildman–Crippen MR) is 110 cm³/mol. The van der Waals surface area contributed by atoms with Crippen LogP contribution in [0.3, 0.4) is 0 Å². The van der Waals surface area contributed by atoms with Crippen molar-refractivity contribution in [3.63, 3.8) is 0 Å². The molecule has 1 aromatic carbocycles. The van der Waals surface area contributed by atoms with Crippen molar-refractivity contribution in [1.82, 2.24) is 10.2 Å². The van der Waals surface area contributed by atoms with Crippen molar-refractivity contribution in [3.05, 3.63) is 23.3 Å². The lowest BCUT2D eigenvalue weighted by Crippen LogP contribution is -2.54. The quantitative estimate of drug-likeness (QED) is 0.830. The Morgan fingerprint density at radius 2 is 1.89 bits per heavy atom. The number of halogens is 1. The number of hydrogen-bond donors (Lipinski definition) is 1. The Labute approximate surface area is 173 Å². The minimum absolute atomic E-state index is 0. The molecule has 0 saturated carbocycles. The van der Waals surface area contributed by atoms with Gasteiger partial charge in [0, 0.05) is 13.1 Å². The van der Waals surface area contributed by atoms with E-state index < -0.39 is 0 Å². The van der Waals surface area contributed by atoms with Crippen LogP contribution < -0.4 is 14.8 Å². The first kappa shape index (κ1) is 21.2. The van der Waals surface area contributed by atoms with Crippen LogP contribution in [0.15, 0.2) is 12.1 Å². The monoisotopic (exact) mass is 410 g/mol. The largest absolute Gasteiger partial charge is 0.493 e. The van der Waals surface area contributed by atoms with Gasteiger partial charge >= 0.3 is 0 Å². The number of nitrogens with zero attached hydrogens (tertiary/aromatic N) is 1. The van der Waals surface area contributed by atoms with Crippen molar-refractivity contribution in [2.75, 3.05) is 40.5 Å². The molecular weight excluding hydrogens is 380 g/mol. The molecule has 156 valence electrons. The van der Waals surface area contributed by atoms with E-state index in [2.05, 4.69) is 17.4 Å². The van der Waals surface area contributed by atoms with E-state index in [1.807, 2.05) is 4.90 Å². The lowest BCUT2D eigenvalue weighted by Gasteiger charge is -2.46. The number of carbonyl (C=O) groups is 1. The maximum atomic E-state index is 12.8. The average Bonchev–Trinajstić information content (AvgIpc) is 2.74. The Morgan fingerprint density at radius 3 is 2.54 bits per heavy atom. The normalized spacial score (nSPS) is 23.5. The number of amides is 1. The summed E-state index contributed by atoms with van der Waals surface area (Å²) in [5.41, 5.74) is 2.16. The third kappa shape index (κ3) is 3.82. The van der Waals surface area contributed by atoms with E-state index >= 15 is 0 Å². The van der Waals surface area contributed by atoms with E-state index in [9.17, 15) is 4.79 Å². The molecule has 0 bridgehead atoms. The highest BCUT2D eigenvalue weighted by Gasteiger charge is 2.43. The van der Waals surface area contributed by atoms with E-state index in [0.717, 1.165) is 63.2 Å². The van der Waals surface area contributed by atoms with Gasteiger partial charge < -0.3 is 24.4 Å². The molecule has 0 radical (unpaired) electrons. The van der Waals surface area contributed by atoms with Crippen LogP contribution in [-0.2, 0) is 21.6 Å². The van der Waals surface area contributed by atoms with Gasteiger partial charge in [-0.05, 0) is 61.9 Å². The fourth-order valence-electron chi connectivity index (χ4n) is 4.77. The van der Waals surface area contributed by atoms with Crippen LogP contribution in [0.2, 0.25) is 0 Å². The van der Waals surface area contributed by atoms with Crippen LogP contribution in [0.1, 0.15) is 43.2 Å². The third-order valence-corrected chi connectivity index (χ3v) is 6.34. The molecule has 1 atom stereocenters. The number of hydrogen-bond acceptors (Lipinski definition) is 5. The molecule has 7 heteroatoms. The summed E-state index contributed by atoms with van der Waals surface area (Å²) in [6.45, 7) is 3.14. The number of benzene rings is 1. The molecule has 0 aromatic heterocycles. The first-order valence-corrected chi connectivity index (χ1v) is 10.1. The zero-order valence-corrected chi connectivity index (χ0v) is 17.6. The molecule has 1 spiro atoms. The number of fused-ring (bicyclic) bond motifs is 2. The second kappa shape index (κ2) is 8.89. The van der Waals surface area contributed by atoms with Crippen LogP contribution in [0.25, 0.3) is 0 Å². The van der Waals surface area contributed by atoms with Crippen molar-refractivity contribution >= 4 is 18.3 Å². The van der Waals surface area contributed by atoms with Crippen molar-refractivity contribution in [1.29, 1.82) is 0 Å². The highest BCUT2D eigenvalue weighted by molar-refractivity contribution is 5.85. The number of ether oxygens (including phenoxy) is 3. The van der Waals surface area contributed by atoms with E-state index in [1.54, 1.807) is 14.2 Å². The van der Waals surface area contributed by atoms with Crippen LogP contribution in [0.4, 0.5) is 0 Å². The van der Waals surface area contributed by atoms with Gasteiger partial charge in [0.15, 0.2) is 11.5 Å². The van der Waals surface area contributed by atoms with Crippen LogP contribution in [-0.4, -0.2) is 57.3 Å². The van der Waals surface area contributed by atoms with Crippen LogP contribution in [0, 0.1) is 0 Å². The van der Waals surface area contributed by atoms with Crippen LogP contribution >= 0.6 is 12.4 Å². The van der Waals surface area contributed by atoms with E-state index in [1.165, 1.54) is 17.5 Å².